The number of carbonyl (C=O) groups is 1. The predicted octanol–water partition coefficient (Wildman–Crippen LogP) is 3.80. The number of furan rings is 1. The van der Waals surface area contributed by atoms with Crippen LogP contribution in [-0.2, 0) is 26.1 Å². The lowest BCUT2D eigenvalue weighted by atomic mass is 10.1. The zero-order valence-corrected chi connectivity index (χ0v) is 22.3. The minimum Gasteiger partial charge on any atom is -0.468 e. The summed E-state index contributed by atoms with van der Waals surface area (Å²) in [7, 11) is 5.50. The maximum atomic E-state index is 11.8. The summed E-state index contributed by atoms with van der Waals surface area (Å²) in [5.41, 5.74) is 4.26. The van der Waals surface area contributed by atoms with E-state index in [4.69, 9.17) is 4.42 Å². The van der Waals surface area contributed by atoms with Crippen LogP contribution in [0.3, 0.4) is 0 Å². The molecule has 0 bridgehead atoms. The molecule has 1 aromatic heterocycles. The van der Waals surface area contributed by atoms with Gasteiger partial charge in [-0.25, -0.2) is 0 Å². The summed E-state index contributed by atoms with van der Waals surface area (Å²) >= 11 is 0. The van der Waals surface area contributed by atoms with E-state index in [-0.39, 0.29) is 29.9 Å². The fourth-order valence-corrected chi connectivity index (χ4v) is 3.64. The summed E-state index contributed by atoms with van der Waals surface area (Å²) in [4.78, 5) is 18.4. The molecule has 0 fully saturated rings. The quantitative estimate of drug-likeness (QED) is 0.195. The van der Waals surface area contributed by atoms with Crippen molar-refractivity contribution in [3.05, 3.63) is 94.9 Å². The van der Waals surface area contributed by atoms with Gasteiger partial charge in [-0.3, -0.25) is 14.7 Å². The zero-order chi connectivity index (χ0) is 23.5. The number of halogens is 1. The zero-order valence-electron chi connectivity index (χ0n) is 20.0. The fourth-order valence-electron chi connectivity index (χ4n) is 3.64. The Balaban J connectivity index is 0.00000408. The van der Waals surface area contributed by atoms with E-state index in [1.165, 1.54) is 11.1 Å². The van der Waals surface area contributed by atoms with Crippen LogP contribution < -0.4 is 16.0 Å². The van der Waals surface area contributed by atoms with Crippen molar-refractivity contribution in [2.24, 2.45) is 4.99 Å². The lowest BCUT2D eigenvalue weighted by molar-refractivity contribution is 0.0963. The molecule has 1 heterocycles. The van der Waals surface area contributed by atoms with Crippen molar-refractivity contribution >= 4 is 35.8 Å². The summed E-state index contributed by atoms with van der Waals surface area (Å²) in [6, 6.07) is 20.0. The van der Waals surface area contributed by atoms with Crippen molar-refractivity contribution in [3.63, 3.8) is 0 Å². The maximum absolute atomic E-state index is 11.8. The van der Waals surface area contributed by atoms with Crippen LogP contribution in [0.15, 0.2) is 76.3 Å². The van der Waals surface area contributed by atoms with Gasteiger partial charge < -0.3 is 20.4 Å². The Kier molecular flexibility index (Phi) is 11.6. The van der Waals surface area contributed by atoms with Crippen LogP contribution in [0, 0.1) is 0 Å². The average Bonchev–Trinajstić information content (AvgIpc) is 3.34. The van der Waals surface area contributed by atoms with E-state index in [2.05, 4.69) is 57.2 Å². The molecular formula is C26H34IN5O2. The number of rotatable bonds is 10. The second-order valence-corrected chi connectivity index (χ2v) is 7.90. The first kappa shape index (κ1) is 27.4. The van der Waals surface area contributed by atoms with Gasteiger partial charge in [0.15, 0.2) is 5.96 Å². The second kappa shape index (κ2) is 14.4. The number of benzene rings is 2. The van der Waals surface area contributed by atoms with Crippen molar-refractivity contribution in [3.8, 4) is 0 Å². The van der Waals surface area contributed by atoms with E-state index < -0.39 is 0 Å². The van der Waals surface area contributed by atoms with E-state index in [1.807, 2.05) is 36.4 Å². The highest BCUT2D eigenvalue weighted by molar-refractivity contribution is 14.0. The molecule has 2 aromatic carbocycles. The van der Waals surface area contributed by atoms with Crippen LogP contribution in [0.5, 0.6) is 0 Å². The highest BCUT2D eigenvalue weighted by atomic mass is 127. The van der Waals surface area contributed by atoms with Crippen molar-refractivity contribution in [1.82, 2.24) is 20.9 Å². The number of nitrogens with zero attached hydrogens (tertiary/aromatic N) is 2. The first-order chi connectivity index (χ1) is 16.1. The number of nitrogens with one attached hydrogen (secondary N) is 3. The van der Waals surface area contributed by atoms with Crippen molar-refractivity contribution < 1.29 is 9.21 Å². The molecule has 3 N–H and O–H groups in total. The summed E-state index contributed by atoms with van der Waals surface area (Å²) in [5, 5.41) is 9.42. The summed E-state index contributed by atoms with van der Waals surface area (Å²) in [6.45, 7) is 2.98. The molecule has 0 aliphatic carbocycles. The SMILES string of the molecule is CN=C(NCCc1cccc(C(=O)NC)c1)NCc1ccccc1CN(C)Cc1ccco1.I. The molecule has 3 rings (SSSR count). The highest BCUT2D eigenvalue weighted by Gasteiger charge is 2.09. The smallest absolute Gasteiger partial charge is 0.251 e. The van der Waals surface area contributed by atoms with Gasteiger partial charge in [0, 0.05) is 39.3 Å². The Labute approximate surface area is 219 Å². The largest absolute Gasteiger partial charge is 0.468 e. The monoisotopic (exact) mass is 575 g/mol. The highest BCUT2D eigenvalue weighted by Crippen LogP contribution is 2.13. The summed E-state index contributed by atoms with van der Waals surface area (Å²) < 4.78 is 5.46. The third-order valence-electron chi connectivity index (χ3n) is 5.36. The normalized spacial score (nSPS) is 11.1. The van der Waals surface area contributed by atoms with Crippen molar-refractivity contribution in [2.45, 2.75) is 26.1 Å². The Morgan fingerprint density at radius 2 is 1.79 bits per heavy atom. The summed E-state index contributed by atoms with van der Waals surface area (Å²) in [5.74, 6) is 1.63. The number of aliphatic imine (C=N–C) groups is 1. The second-order valence-electron chi connectivity index (χ2n) is 7.90. The molecule has 0 saturated carbocycles. The van der Waals surface area contributed by atoms with Gasteiger partial charge in [-0.15, -0.1) is 24.0 Å². The number of amides is 1. The Hall–Kier alpha value is -2.85. The Bertz CT molecular complexity index is 1050. The molecule has 34 heavy (non-hydrogen) atoms. The fraction of sp³-hybridized carbons (Fsp3) is 0.308. The molecule has 3 aromatic rings. The van der Waals surface area contributed by atoms with E-state index in [9.17, 15) is 4.79 Å². The minimum atomic E-state index is -0.0734. The molecule has 0 atom stereocenters. The number of hydrogen-bond donors (Lipinski definition) is 3. The van der Waals surface area contributed by atoms with Gasteiger partial charge in [-0.2, -0.15) is 0 Å². The molecule has 0 aliphatic rings. The predicted molar refractivity (Wildman–Crippen MR) is 147 cm³/mol. The van der Waals surface area contributed by atoms with Gasteiger partial charge in [0.1, 0.15) is 5.76 Å². The first-order valence-corrected chi connectivity index (χ1v) is 11.1. The van der Waals surface area contributed by atoms with Crippen LogP contribution in [0.25, 0.3) is 0 Å². The van der Waals surface area contributed by atoms with Gasteiger partial charge >= 0.3 is 0 Å². The molecule has 0 saturated heterocycles. The Morgan fingerprint density at radius 3 is 2.50 bits per heavy atom. The molecule has 1 amide bonds. The van der Waals surface area contributed by atoms with Gasteiger partial charge in [-0.1, -0.05) is 36.4 Å². The molecule has 0 radical (unpaired) electrons. The maximum Gasteiger partial charge on any atom is 0.251 e. The topological polar surface area (TPSA) is 81.9 Å². The molecule has 182 valence electrons. The van der Waals surface area contributed by atoms with E-state index in [0.717, 1.165) is 36.8 Å². The number of guanidine groups is 1. The molecule has 0 unspecified atom stereocenters. The standard InChI is InChI=1S/C26H33N5O2.HI/c1-27-25(32)21-11-6-8-20(16-21)13-14-29-26(28-2)30-17-22-9-4-5-10-23(22)18-31(3)19-24-12-7-15-33-24;/h4-12,15-16H,13-14,17-19H2,1-3H3,(H,27,32)(H2,28,29,30);1H. The van der Waals surface area contributed by atoms with Crippen molar-refractivity contribution in [1.29, 1.82) is 0 Å². The van der Waals surface area contributed by atoms with E-state index in [1.54, 1.807) is 20.4 Å². The minimum absolute atomic E-state index is 0. The number of hydrogen-bond acceptors (Lipinski definition) is 4. The molecule has 0 spiro atoms. The molecular weight excluding hydrogens is 541 g/mol. The third kappa shape index (κ3) is 8.49. The van der Waals surface area contributed by atoms with Crippen LogP contribution in [0.4, 0.5) is 0 Å². The lowest BCUT2D eigenvalue weighted by Gasteiger charge is -2.19. The summed E-state index contributed by atoms with van der Waals surface area (Å²) in [6.07, 6.45) is 2.50. The van der Waals surface area contributed by atoms with Gasteiger partial charge in [0.05, 0.1) is 12.8 Å². The average molecular weight is 575 g/mol. The molecule has 8 heteroatoms. The van der Waals surface area contributed by atoms with Crippen LogP contribution in [0.1, 0.15) is 32.8 Å². The van der Waals surface area contributed by atoms with E-state index >= 15 is 0 Å². The van der Waals surface area contributed by atoms with Crippen LogP contribution >= 0.6 is 24.0 Å². The lowest BCUT2D eigenvalue weighted by Crippen LogP contribution is -2.38. The van der Waals surface area contributed by atoms with Crippen LogP contribution in [0.2, 0.25) is 0 Å². The van der Waals surface area contributed by atoms with Gasteiger partial charge in [-0.05, 0) is 54.4 Å². The van der Waals surface area contributed by atoms with Gasteiger partial charge in [0.2, 0.25) is 0 Å². The van der Waals surface area contributed by atoms with Crippen LogP contribution in [-0.4, -0.2) is 44.5 Å². The number of carbonyl (C=O) groups excluding carboxylic acids is 1. The first-order valence-electron chi connectivity index (χ1n) is 11.1. The van der Waals surface area contributed by atoms with Crippen molar-refractivity contribution in [2.75, 3.05) is 27.7 Å². The van der Waals surface area contributed by atoms with Gasteiger partial charge in [0.25, 0.3) is 5.91 Å². The third-order valence-corrected chi connectivity index (χ3v) is 5.36. The molecule has 0 aliphatic heterocycles. The van der Waals surface area contributed by atoms with E-state index in [0.29, 0.717) is 18.7 Å². The Morgan fingerprint density at radius 1 is 1.00 bits per heavy atom. The molecule has 7 nitrogen and oxygen atoms in total.